The molecule has 0 saturated carbocycles. The van der Waals surface area contributed by atoms with Crippen LogP contribution in [0.4, 0.5) is 4.79 Å². The molecule has 0 aromatic heterocycles. The summed E-state index contributed by atoms with van der Waals surface area (Å²) in [6.45, 7) is 6.18. The van der Waals surface area contributed by atoms with E-state index in [4.69, 9.17) is 18.9 Å². The van der Waals surface area contributed by atoms with Crippen LogP contribution < -0.4 is 30.3 Å². The fourth-order valence-electron chi connectivity index (χ4n) is 4.50. The third-order valence-corrected chi connectivity index (χ3v) is 6.32. The average molecular weight is 563 g/mol. The Kier molecular flexibility index (Phi) is 9.64. The quantitative estimate of drug-likeness (QED) is 0.113. The number of rotatable bonds is 12. The van der Waals surface area contributed by atoms with Gasteiger partial charge in [0.1, 0.15) is 12.4 Å². The number of nitrogens with zero attached hydrogens (tertiary/aromatic N) is 1. The molecule has 0 fully saturated rings. The number of fused-ring (bicyclic) bond motifs is 1. The third-order valence-electron chi connectivity index (χ3n) is 6.32. The van der Waals surface area contributed by atoms with E-state index in [0.29, 0.717) is 36.0 Å². The maximum Gasteiger partial charge on any atom is 0.337 e. The number of methoxy groups -OCH3 is 1. The van der Waals surface area contributed by atoms with Crippen LogP contribution in [0, 0.1) is 0 Å². The van der Waals surface area contributed by atoms with E-state index in [0.717, 1.165) is 22.1 Å². The molecular weight excluding hydrogens is 528 g/mol. The molecule has 0 spiro atoms. The first-order chi connectivity index (χ1) is 19.9. The molecule has 0 radical (unpaired) electrons. The van der Waals surface area contributed by atoms with Gasteiger partial charge in [0, 0.05) is 16.6 Å². The van der Waals surface area contributed by atoms with Gasteiger partial charge in [-0.05, 0) is 56.0 Å². The topological polar surface area (TPSA) is 140 Å². The predicted molar refractivity (Wildman–Crippen MR) is 154 cm³/mol. The molecule has 4 rings (SSSR count). The van der Waals surface area contributed by atoms with Crippen molar-refractivity contribution in [2.75, 3.05) is 26.9 Å². The van der Waals surface area contributed by atoms with Crippen molar-refractivity contribution in [3.8, 4) is 17.2 Å². The van der Waals surface area contributed by atoms with E-state index in [-0.39, 0.29) is 12.2 Å². The number of allylic oxidation sites excluding steroid dienone is 1. The van der Waals surface area contributed by atoms with E-state index in [1.54, 1.807) is 31.3 Å². The number of aliphatic hydroxyl groups is 1. The molecule has 1 aliphatic rings. The highest BCUT2D eigenvalue weighted by Crippen LogP contribution is 2.35. The Labute approximate surface area is 238 Å². The summed E-state index contributed by atoms with van der Waals surface area (Å²) in [5.74, 6) is 0.994. The fraction of sp³-hybridized carbons (Fsp3) is 0.300. The lowest BCUT2D eigenvalue weighted by molar-refractivity contribution is -0.136. The van der Waals surface area contributed by atoms with Crippen molar-refractivity contribution in [3.05, 3.63) is 77.0 Å². The highest BCUT2D eigenvalue weighted by molar-refractivity contribution is 6.02. The zero-order chi connectivity index (χ0) is 29.4. The number of aliphatic hydroxyl groups excluding tert-OH is 1. The van der Waals surface area contributed by atoms with E-state index >= 15 is 0 Å². The van der Waals surface area contributed by atoms with Gasteiger partial charge < -0.3 is 34.7 Å². The minimum atomic E-state index is -1.12. The van der Waals surface area contributed by atoms with Gasteiger partial charge in [0.2, 0.25) is 0 Å². The second-order valence-corrected chi connectivity index (χ2v) is 9.05. The lowest BCUT2D eigenvalue weighted by Gasteiger charge is -2.28. The Hall–Kier alpha value is -4.77. The number of urea groups is 1. The first-order valence-electron chi connectivity index (χ1n) is 13.2. The minimum absolute atomic E-state index is 0.128. The molecule has 1 heterocycles. The molecule has 0 unspecified atom stereocenters. The molecular formula is C30H34N4O7. The molecule has 41 heavy (non-hydrogen) atoms. The van der Waals surface area contributed by atoms with Gasteiger partial charge in [-0.25, -0.2) is 9.59 Å². The highest BCUT2D eigenvalue weighted by Gasteiger charge is 2.32. The molecule has 2 atom stereocenters. The molecule has 216 valence electrons. The Morgan fingerprint density at radius 2 is 1.73 bits per heavy atom. The minimum Gasteiger partial charge on any atom is -0.493 e. The van der Waals surface area contributed by atoms with Gasteiger partial charge in [0.15, 0.2) is 17.7 Å². The molecule has 3 aromatic rings. The molecule has 4 N–H and O–H groups in total. The number of carbonyl (C=O) groups is 2. The molecule has 0 saturated heterocycles. The van der Waals surface area contributed by atoms with Gasteiger partial charge in [-0.1, -0.05) is 30.3 Å². The SMILES string of the molecule is CCOc1cc([C@@H]2NC(=O)NC(C)=C2C(=O)OC)ccc1OC[C@H](O)N/N=C\c1ccc(OCC)c2ccccc12. The highest BCUT2D eigenvalue weighted by atomic mass is 16.5. The van der Waals surface area contributed by atoms with Crippen LogP contribution in [0.1, 0.15) is 37.9 Å². The van der Waals surface area contributed by atoms with Crippen LogP contribution >= 0.6 is 0 Å². The van der Waals surface area contributed by atoms with Gasteiger partial charge in [0.25, 0.3) is 0 Å². The molecule has 11 heteroatoms. The molecule has 1 aliphatic heterocycles. The number of esters is 1. The molecule has 0 bridgehead atoms. The summed E-state index contributed by atoms with van der Waals surface area (Å²) in [6.07, 6.45) is 0.512. The third kappa shape index (κ3) is 6.87. The number of hydrogen-bond acceptors (Lipinski definition) is 9. The Balaban J connectivity index is 1.45. The Morgan fingerprint density at radius 1 is 1.02 bits per heavy atom. The summed E-state index contributed by atoms with van der Waals surface area (Å²) in [7, 11) is 1.28. The van der Waals surface area contributed by atoms with Crippen LogP contribution in [-0.4, -0.2) is 56.5 Å². The fourth-order valence-corrected chi connectivity index (χ4v) is 4.50. The lowest BCUT2D eigenvalue weighted by Crippen LogP contribution is -2.45. The van der Waals surface area contributed by atoms with E-state index in [9.17, 15) is 14.7 Å². The van der Waals surface area contributed by atoms with E-state index in [1.165, 1.54) is 7.11 Å². The maximum absolute atomic E-state index is 12.4. The van der Waals surface area contributed by atoms with E-state index in [2.05, 4.69) is 21.2 Å². The van der Waals surface area contributed by atoms with Crippen molar-refractivity contribution in [1.29, 1.82) is 0 Å². The van der Waals surface area contributed by atoms with Crippen LogP contribution in [0.15, 0.2) is 71.0 Å². The Bertz CT molecular complexity index is 1470. The molecule has 11 nitrogen and oxygen atoms in total. The van der Waals surface area contributed by atoms with Crippen LogP contribution in [0.25, 0.3) is 10.8 Å². The number of ether oxygens (including phenoxy) is 4. The second kappa shape index (κ2) is 13.5. The maximum atomic E-state index is 12.4. The van der Waals surface area contributed by atoms with Crippen LogP contribution in [0.3, 0.4) is 0 Å². The van der Waals surface area contributed by atoms with Crippen molar-refractivity contribution in [2.45, 2.75) is 33.0 Å². The lowest BCUT2D eigenvalue weighted by atomic mass is 9.95. The molecule has 0 aliphatic carbocycles. The van der Waals surface area contributed by atoms with E-state index < -0.39 is 24.3 Å². The zero-order valence-electron chi connectivity index (χ0n) is 23.4. The normalized spacial score (nSPS) is 15.7. The molecule has 2 amide bonds. The summed E-state index contributed by atoms with van der Waals surface area (Å²) in [5, 5.41) is 21.9. The summed E-state index contributed by atoms with van der Waals surface area (Å²) >= 11 is 0. The largest absolute Gasteiger partial charge is 0.493 e. The summed E-state index contributed by atoms with van der Waals surface area (Å²) in [6, 6.07) is 15.5. The van der Waals surface area contributed by atoms with Gasteiger partial charge in [-0.3, -0.25) is 5.43 Å². The summed E-state index contributed by atoms with van der Waals surface area (Å²) in [4.78, 5) is 24.6. The number of nitrogens with one attached hydrogen (secondary N) is 3. The monoisotopic (exact) mass is 562 g/mol. The average Bonchev–Trinajstić information content (AvgIpc) is 2.97. The van der Waals surface area contributed by atoms with Crippen molar-refractivity contribution >= 4 is 29.0 Å². The smallest absolute Gasteiger partial charge is 0.337 e. The van der Waals surface area contributed by atoms with Crippen LogP contribution in [0.2, 0.25) is 0 Å². The zero-order valence-corrected chi connectivity index (χ0v) is 23.4. The van der Waals surface area contributed by atoms with Crippen molar-refractivity contribution < 1.29 is 33.6 Å². The summed E-state index contributed by atoms with van der Waals surface area (Å²) < 4.78 is 22.2. The Morgan fingerprint density at radius 3 is 2.46 bits per heavy atom. The predicted octanol–water partition coefficient (Wildman–Crippen LogP) is 3.76. The number of amides is 2. The van der Waals surface area contributed by atoms with Crippen molar-refractivity contribution in [1.82, 2.24) is 16.1 Å². The number of carbonyl (C=O) groups excluding carboxylic acids is 2. The van der Waals surface area contributed by atoms with Crippen LogP contribution in [-0.2, 0) is 9.53 Å². The van der Waals surface area contributed by atoms with Crippen LogP contribution in [0.5, 0.6) is 17.2 Å². The van der Waals surface area contributed by atoms with Gasteiger partial charge >= 0.3 is 12.0 Å². The van der Waals surface area contributed by atoms with Crippen molar-refractivity contribution in [3.63, 3.8) is 0 Å². The van der Waals surface area contributed by atoms with Gasteiger partial charge in [-0.2, -0.15) is 5.10 Å². The summed E-state index contributed by atoms with van der Waals surface area (Å²) in [5.41, 5.74) is 4.81. The van der Waals surface area contributed by atoms with Gasteiger partial charge in [-0.15, -0.1) is 0 Å². The standard InChI is InChI=1S/C30H34N4O7/c1-5-39-23-13-12-20(21-9-7-8-10-22(21)23)16-31-34-26(35)17-41-24-14-11-19(15-25(24)40-6-2)28-27(29(36)38-4)18(3)32-30(37)33-28/h7-16,26,28,34-35H,5-6,17H2,1-4H3,(H2,32,33,37)/b31-16-/t26-,28-/m0/s1. The number of hydrazone groups is 1. The first kappa shape index (κ1) is 29.2. The van der Waals surface area contributed by atoms with Crippen molar-refractivity contribution in [2.24, 2.45) is 5.10 Å². The van der Waals surface area contributed by atoms with E-state index in [1.807, 2.05) is 50.2 Å². The van der Waals surface area contributed by atoms with Gasteiger partial charge in [0.05, 0.1) is 38.2 Å². The number of hydrogen-bond donors (Lipinski definition) is 4. The second-order valence-electron chi connectivity index (χ2n) is 9.05. The number of benzene rings is 3. The first-order valence-corrected chi connectivity index (χ1v) is 13.2. The molecule has 3 aromatic carbocycles.